The average molecular weight is 283 g/mol. The summed E-state index contributed by atoms with van der Waals surface area (Å²) in [5.74, 6) is 0.941. The van der Waals surface area contributed by atoms with Crippen LogP contribution in [0.1, 0.15) is 30.5 Å². The van der Waals surface area contributed by atoms with Gasteiger partial charge < -0.3 is 10.1 Å². The number of hydrogen-bond donors (Lipinski definition) is 1. The van der Waals surface area contributed by atoms with Crippen molar-refractivity contribution in [1.29, 1.82) is 0 Å². The Morgan fingerprint density at radius 3 is 2.19 bits per heavy atom. The molecule has 1 N–H and O–H groups in total. The highest BCUT2D eigenvalue weighted by Crippen LogP contribution is 2.28. The Morgan fingerprint density at radius 1 is 0.952 bits per heavy atom. The minimum absolute atomic E-state index is 0.458. The molecule has 0 aliphatic heterocycles. The molecule has 2 rings (SSSR count). The van der Waals surface area contributed by atoms with Crippen LogP contribution >= 0.6 is 0 Å². The Balaban J connectivity index is 2.38. The molecule has 2 aromatic rings. The maximum absolute atomic E-state index is 5.48. The molecule has 0 aliphatic rings. The molecule has 112 valence electrons. The van der Waals surface area contributed by atoms with Crippen LogP contribution < -0.4 is 10.1 Å². The molecule has 0 fully saturated rings. The third kappa shape index (κ3) is 4.08. The van der Waals surface area contributed by atoms with E-state index in [1.807, 2.05) is 0 Å². The molecule has 0 aromatic heterocycles. The van der Waals surface area contributed by atoms with E-state index in [1.165, 1.54) is 27.8 Å². The molecule has 2 aromatic carbocycles. The van der Waals surface area contributed by atoms with Gasteiger partial charge in [-0.05, 0) is 37.1 Å². The molecule has 0 spiro atoms. The molecule has 2 nitrogen and oxygen atoms in total. The highest BCUT2D eigenvalue weighted by atomic mass is 16.5. The number of rotatable bonds is 5. The Morgan fingerprint density at radius 2 is 1.62 bits per heavy atom. The number of benzene rings is 2. The van der Waals surface area contributed by atoms with Gasteiger partial charge in [0.1, 0.15) is 5.75 Å². The number of nitrogens with one attached hydrogen (secondary N) is 1. The van der Waals surface area contributed by atoms with E-state index < -0.39 is 0 Å². The van der Waals surface area contributed by atoms with Gasteiger partial charge in [-0.2, -0.15) is 0 Å². The van der Waals surface area contributed by atoms with Crippen molar-refractivity contribution in [2.45, 2.75) is 40.3 Å². The minimum atomic E-state index is 0.458. The van der Waals surface area contributed by atoms with Gasteiger partial charge in [-0.15, -0.1) is 0 Å². The monoisotopic (exact) mass is 283 g/mol. The molecule has 0 heterocycles. The van der Waals surface area contributed by atoms with Gasteiger partial charge in [-0.3, -0.25) is 0 Å². The molecule has 0 radical (unpaired) electrons. The Hall–Kier alpha value is -1.80. The maximum atomic E-state index is 5.48. The lowest BCUT2D eigenvalue weighted by Crippen LogP contribution is -2.22. The fraction of sp³-hybridized carbons (Fsp3) is 0.368. The van der Waals surface area contributed by atoms with Gasteiger partial charge in [0.2, 0.25) is 0 Å². The van der Waals surface area contributed by atoms with Crippen molar-refractivity contribution in [1.82, 2.24) is 5.32 Å². The first-order valence-electron chi connectivity index (χ1n) is 7.48. The smallest absolute Gasteiger partial charge is 0.123 e. The van der Waals surface area contributed by atoms with Crippen LogP contribution in [-0.4, -0.2) is 13.2 Å². The number of ether oxygens (including phenoxy) is 1. The highest BCUT2D eigenvalue weighted by molar-refractivity contribution is 5.67. The Kier molecular flexibility index (Phi) is 5.03. The highest BCUT2D eigenvalue weighted by Gasteiger charge is 2.07. The van der Waals surface area contributed by atoms with Crippen LogP contribution in [0.3, 0.4) is 0 Å². The Labute approximate surface area is 128 Å². The molecule has 0 saturated carbocycles. The van der Waals surface area contributed by atoms with E-state index in [-0.39, 0.29) is 0 Å². The molecule has 0 aliphatic carbocycles. The van der Waals surface area contributed by atoms with E-state index >= 15 is 0 Å². The first-order chi connectivity index (χ1) is 9.99. The number of methoxy groups -OCH3 is 1. The fourth-order valence-electron chi connectivity index (χ4n) is 2.55. The lowest BCUT2D eigenvalue weighted by molar-refractivity contribution is 0.406. The van der Waals surface area contributed by atoms with Gasteiger partial charge in [-0.1, -0.05) is 49.2 Å². The summed E-state index contributed by atoms with van der Waals surface area (Å²) in [7, 11) is 1.73. The third-order valence-corrected chi connectivity index (χ3v) is 3.54. The zero-order valence-corrected chi connectivity index (χ0v) is 13.7. The quantitative estimate of drug-likeness (QED) is 0.873. The van der Waals surface area contributed by atoms with E-state index in [0.29, 0.717) is 6.04 Å². The zero-order chi connectivity index (χ0) is 15.4. The van der Waals surface area contributed by atoms with E-state index in [1.54, 1.807) is 7.11 Å². The van der Waals surface area contributed by atoms with Crippen molar-refractivity contribution in [2.75, 3.05) is 7.11 Å². The second kappa shape index (κ2) is 6.77. The van der Waals surface area contributed by atoms with Crippen LogP contribution in [0.2, 0.25) is 0 Å². The molecule has 0 saturated heterocycles. The van der Waals surface area contributed by atoms with E-state index in [9.17, 15) is 0 Å². The van der Waals surface area contributed by atoms with Crippen molar-refractivity contribution in [3.8, 4) is 16.9 Å². The van der Waals surface area contributed by atoms with E-state index in [2.05, 4.69) is 69.4 Å². The van der Waals surface area contributed by atoms with Crippen molar-refractivity contribution in [3.05, 3.63) is 53.1 Å². The summed E-state index contributed by atoms with van der Waals surface area (Å²) >= 11 is 0. The van der Waals surface area contributed by atoms with Gasteiger partial charge in [-0.25, -0.2) is 0 Å². The molecule has 2 heteroatoms. The summed E-state index contributed by atoms with van der Waals surface area (Å²) < 4.78 is 5.48. The van der Waals surface area contributed by atoms with E-state index in [4.69, 9.17) is 4.74 Å². The predicted molar refractivity (Wildman–Crippen MR) is 89.9 cm³/mol. The van der Waals surface area contributed by atoms with E-state index in [0.717, 1.165) is 12.3 Å². The summed E-state index contributed by atoms with van der Waals surface area (Å²) in [6.07, 6.45) is 0. The second-order valence-corrected chi connectivity index (χ2v) is 5.94. The van der Waals surface area contributed by atoms with Gasteiger partial charge >= 0.3 is 0 Å². The fourth-order valence-corrected chi connectivity index (χ4v) is 2.55. The summed E-state index contributed by atoms with van der Waals surface area (Å²) in [4.78, 5) is 0. The molecule has 0 unspecified atom stereocenters. The summed E-state index contributed by atoms with van der Waals surface area (Å²) in [6, 6.07) is 13.5. The van der Waals surface area contributed by atoms with Crippen LogP contribution in [-0.2, 0) is 6.54 Å². The van der Waals surface area contributed by atoms with Crippen molar-refractivity contribution in [2.24, 2.45) is 0 Å². The molecule has 0 bridgehead atoms. The largest absolute Gasteiger partial charge is 0.496 e. The SMILES string of the molecule is COc1ccc(-c2cc(C)cc(C)c2)cc1CNC(C)C. The van der Waals surface area contributed by atoms with Crippen LogP contribution in [0, 0.1) is 13.8 Å². The standard InChI is InChI=1S/C19H25NO/c1-13(2)20-12-18-11-16(6-7-19(18)21-5)17-9-14(3)8-15(4)10-17/h6-11,13,20H,12H2,1-5H3. The van der Waals surface area contributed by atoms with Crippen molar-refractivity contribution in [3.63, 3.8) is 0 Å². The second-order valence-electron chi connectivity index (χ2n) is 5.94. The predicted octanol–water partition coefficient (Wildman–Crippen LogP) is 4.48. The molecule has 0 atom stereocenters. The maximum Gasteiger partial charge on any atom is 0.123 e. The first-order valence-corrected chi connectivity index (χ1v) is 7.48. The minimum Gasteiger partial charge on any atom is -0.496 e. The molecular weight excluding hydrogens is 258 g/mol. The van der Waals surface area contributed by atoms with Crippen LogP contribution in [0.5, 0.6) is 5.75 Å². The topological polar surface area (TPSA) is 21.3 Å². The third-order valence-electron chi connectivity index (χ3n) is 3.54. The van der Waals surface area contributed by atoms with Gasteiger partial charge in [0, 0.05) is 18.2 Å². The average Bonchev–Trinajstić information content (AvgIpc) is 2.43. The van der Waals surface area contributed by atoms with Gasteiger partial charge in [0.25, 0.3) is 0 Å². The molecule has 21 heavy (non-hydrogen) atoms. The zero-order valence-electron chi connectivity index (χ0n) is 13.7. The van der Waals surface area contributed by atoms with Gasteiger partial charge in [0.15, 0.2) is 0 Å². The van der Waals surface area contributed by atoms with Crippen molar-refractivity contribution < 1.29 is 4.74 Å². The van der Waals surface area contributed by atoms with Gasteiger partial charge in [0.05, 0.1) is 7.11 Å². The lowest BCUT2D eigenvalue weighted by atomic mass is 9.98. The summed E-state index contributed by atoms with van der Waals surface area (Å²) in [6.45, 7) is 9.41. The Bertz CT molecular complexity index is 597. The van der Waals surface area contributed by atoms with Crippen LogP contribution in [0.15, 0.2) is 36.4 Å². The summed E-state index contributed by atoms with van der Waals surface area (Å²) in [5.41, 5.74) is 6.29. The van der Waals surface area contributed by atoms with Crippen LogP contribution in [0.25, 0.3) is 11.1 Å². The van der Waals surface area contributed by atoms with Crippen molar-refractivity contribution >= 4 is 0 Å². The molecule has 0 amide bonds. The molecular formula is C19H25NO. The normalized spacial score (nSPS) is 11.0. The number of aryl methyl sites for hydroxylation is 2. The number of hydrogen-bond acceptors (Lipinski definition) is 2. The van der Waals surface area contributed by atoms with Crippen LogP contribution in [0.4, 0.5) is 0 Å². The summed E-state index contributed by atoms with van der Waals surface area (Å²) in [5, 5.41) is 3.46. The first kappa shape index (κ1) is 15.6. The lowest BCUT2D eigenvalue weighted by Gasteiger charge is -2.14.